The molecule has 1 aromatic carbocycles. The number of alkyl halides is 1. The highest BCUT2D eigenvalue weighted by Crippen LogP contribution is 2.18. The molecule has 0 spiro atoms. The van der Waals surface area contributed by atoms with Crippen LogP contribution in [0.15, 0.2) is 18.2 Å². The smallest absolute Gasteiger partial charge is 0.273 e. The number of hydrogen-bond acceptors (Lipinski definition) is 3. The number of amides is 1. The van der Waals surface area contributed by atoms with Gasteiger partial charge in [-0.15, -0.1) is 11.6 Å². The Morgan fingerprint density at radius 1 is 1.47 bits per heavy atom. The molecule has 19 heavy (non-hydrogen) atoms. The van der Waals surface area contributed by atoms with E-state index in [-0.39, 0.29) is 17.5 Å². The first-order valence-corrected chi connectivity index (χ1v) is 6.22. The van der Waals surface area contributed by atoms with Crippen molar-refractivity contribution in [1.29, 1.82) is 0 Å². The molecule has 0 saturated carbocycles. The third-order valence-corrected chi connectivity index (χ3v) is 2.72. The summed E-state index contributed by atoms with van der Waals surface area (Å²) >= 11 is 5.61. The van der Waals surface area contributed by atoms with Crippen LogP contribution in [0.3, 0.4) is 0 Å². The zero-order chi connectivity index (χ0) is 14.6. The zero-order valence-electron chi connectivity index (χ0n) is 10.6. The summed E-state index contributed by atoms with van der Waals surface area (Å²) in [5, 5.41) is 10.7. The van der Waals surface area contributed by atoms with Crippen LogP contribution in [0.1, 0.15) is 24.2 Å². The number of halogens is 2. The van der Waals surface area contributed by atoms with E-state index in [1.165, 1.54) is 4.90 Å². The molecule has 1 rings (SSSR count). The van der Waals surface area contributed by atoms with Gasteiger partial charge in [-0.1, -0.05) is 0 Å². The lowest BCUT2D eigenvalue weighted by atomic mass is 10.1. The third-order valence-electron chi connectivity index (χ3n) is 2.55. The summed E-state index contributed by atoms with van der Waals surface area (Å²) in [5.41, 5.74) is -0.497. The summed E-state index contributed by atoms with van der Waals surface area (Å²) in [7, 11) is 0. The maximum Gasteiger partial charge on any atom is 0.273 e. The van der Waals surface area contributed by atoms with Gasteiger partial charge in [0.1, 0.15) is 5.82 Å². The van der Waals surface area contributed by atoms with Gasteiger partial charge < -0.3 is 4.90 Å². The van der Waals surface area contributed by atoms with Crippen LogP contribution in [0.25, 0.3) is 0 Å². The number of carbonyl (C=O) groups excluding carboxylic acids is 1. The van der Waals surface area contributed by atoms with Crippen molar-refractivity contribution < 1.29 is 14.1 Å². The van der Waals surface area contributed by atoms with Crippen LogP contribution in [-0.2, 0) is 0 Å². The van der Waals surface area contributed by atoms with Gasteiger partial charge in [-0.2, -0.15) is 0 Å². The Bertz CT molecular complexity index is 494. The van der Waals surface area contributed by atoms with Crippen LogP contribution in [0.5, 0.6) is 0 Å². The molecule has 1 aromatic rings. The van der Waals surface area contributed by atoms with Gasteiger partial charge in [0.2, 0.25) is 0 Å². The standard InChI is InChI=1S/C12H14ClFN2O3/c1-8(2)15(4-3-13)12(17)9-5-10(14)7-11(6-9)16(18)19/h5-8H,3-4H2,1-2H3. The van der Waals surface area contributed by atoms with Crippen molar-refractivity contribution in [3.8, 4) is 0 Å². The fourth-order valence-electron chi connectivity index (χ4n) is 1.65. The number of benzene rings is 1. The molecule has 0 heterocycles. The highest BCUT2D eigenvalue weighted by atomic mass is 35.5. The van der Waals surface area contributed by atoms with Gasteiger partial charge in [-0.25, -0.2) is 4.39 Å². The first-order chi connectivity index (χ1) is 8.86. The molecule has 0 saturated heterocycles. The van der Waals surface area contributed by atoms with Crippen molar-refractivity contribution in [3.63, 3.8) is 0 Å². The molecule has 0 aliphatic rings. The first kappa shape index (κ1) is 15.4. The molecule has 0 aliphatic carbocycles. The second-order valence-electron chi connectivity index (χ2n) is 4.24. The van der Waals surface area contributed by atoms with Gasteiger partial charge in [0, 0.05) is 30.1 Å². The Balaban J connectivity index is 3.13. The van der Waals surface area contributed by atoms with Gasteiger partial charge in [0.05, 0.1) is 11.0 Å². The molecule has 0 fully saturated rings. The summed E-state index contributed by atoms with van der Waals surface area (Å²) < 4.78 is 13.3. The number of rotatable bonds is 5. The fraction of sp³-hybridized carbons (Fsp3) is 0.417. The maximum atomic E-state index is 13.3. The van der Waals surface area contributed by atoms with Crippen molar-refractivity contribution in [2.24, 2.45) is 0 Å². The average Bonchev–Trinajstić information content (AvgIpc) is 2.33. The van der Waals surface area contributed by atoms with E-state index < -0.39 is 22.3 Å². The van der Waals surface area contributed by atoms with Crippen LogP contribution in [0.4, 0.5) is 10.1 Å². The van der Waals surface area contributed by atoms with Gasteiger partial charge in [-0.05, 0) is 19.9 Å². The molecule has 0 bridgehead atoms. The lowest BCUT2D eigenvalue weighted by Crippen LogP contribution is -2.38. The summed E-state index contributed by atoms with van der Waals surface area (Å²) in [5.74, 6) is -1.05. The number of nitro groups is 1. The Hall–Kier alpha value is -1.69. The highest BCUT2D eigenvalue weighted by molar-refractivity contribution is 6.18. The molecule has 0 atom stereocenters. The minimum absolute atomic E-state index is 0.0504. The number of carbonyl (C=O) groups is 1. The van der Waals surface area contributed by atoms with E-state index in [1.54, 1.807) is 13.8 Å². The second kappa shape index (κ2) is 6.47. The van der Waals surface area contributed by atoms with Crippen molar-refractivity contribution >= 4 is 23.2 Å². The van der Waals surface area contributed by atoms with Crippen LogP contribution >= 0.6 is 11.6 Å². The quantitative estimate of drug-likeness (QED) is 0.475. The van der Waals surface area contributed by atoms with Gasteiger partial charge in [0.15, 0.2) is 0 Å². The highest BCUT2D eigenvalue weighted by Gasteiger charge is 2.21. The second-order valence-corrected chi connectivity index (χ2v) is 4.61. The third kappa shape index (κ3) is 3.89. The minimum Gasteiger partial charge on any atom is -0.335 e. The topological polar surface area (TPSA) is 63.5 Å². The van der Waals surface area contributed by atoms with Gasteiger partial charge in [-0.3, -0.25) is 14.9 Å². The van der Waals surface area contributed by atoms with E-state index >= 15 is 0 Å². The van der Waals surface area contributed by atoms with Crippen LogP contribution in [0.2, 0.25) is 0 Å². The predicted molar refractivity (Wildman–Crippen MR) is 69.9 cm³/mol. The van der Waals surface area contributed by atoms with E-state index in [4.69, 9.17) is 11.6 Å². The van der Waals surface area contributed by atoms with E-state index in [0.717, 1.165) is 18.2 Å². The molecule has 0 radical (unpaired) electrons. The van der Waals surface area contributed by atoms with Crippen LogP contribution < -0.4 is 0 Å². The molecule has 5 nitrogen and oxygen atoms in total. The number of hydrogen-bond donors (Lipinski definition) is 0. The summed E-state index contributed by atoms with van der Waals surface area (Å²) in [6, 6.07) is 2.69. The van der Waals surface area contributed by atoms with Crippen LogP contribution in [-0.4, -0.2) is 34.2 Å². The predicted octanol–water partition coefficient (Wildman–Crippen LogP) is 2.82. The first-order valence-electron chi connectivity index (χ1n) is 5.68. The Kier molecular flexibility index (Phi) is 5.23. The molecular formula is C12H14ClFN2O3. The van der Waals surface area contributed by atoms with E-state index in [9.17, 15) is 19.3 Å². The Morgan fingerprint density at radius 3 is 2.58 bits per heavy atom. The molecule has 0 N–H and O–H groups in total. The molecule has 7 heteroatoms. The largest absolute Gasteiger partial charge is 0.335 e. The molecule has 0 unspecified atom stereocenters. The molecular weight excluding hydrogens is 275 g/mol. The lowest BCUT2D eigenvalue weighted by molar-refractivity contribution is -0.385. The van der Waals surface area contributed by atoms with E-state index in [2.05, 4.69) is 0 Å². The monoisotopic (exact) mass is 288 g/mol. The lowest BCUT2D eigenvalue weighted by Gasteiger charge is -2.25. The summed E-state index contributed by atoms with van der Waals surface area (Å²) in [6.45, 7) is 3.87. The van der Waals surface area contributed by atoms with Crippen molar-refractivity contribution in [2.75, 3.05) is 12.4 Å². The Labute approximate surface area is 115 Å². The molecule has 0 aliphatic heterocycles. The fourth-order valence-corrected chi connectivity index (χ4v) is 1.84. The van der Waals surface area contributed by atoms with Gasteiger partial charge >= 0.3 is 0 Å². The Morgan fingerprint density at radius 2 is 2.11 bits per heavy atom. The minimum atomic E-state index is -0.813. The average molecular weight is 289 g/mol. The van der Waals surface area contributed by atoms with Crippen molar-refractivity contribution in [2.45, 2.75) is 19.9 Å². The normalized spacial score (nSPS) is 10.6. The SMILES string of the molecule is CC(C)N(CCCl)C(=O)c1cc(F)cc([N+](=O)[O-])c1. The van der Waals surface area contributed by atoms with Gasteiger partial charge in [0.25, 0.3) is 11.6 Å². The maximum absolute atomic E-state index is 13.3. The number of nitro benzene ring substituents is 1. The molecule has 104 valence electrons. The summed E-state index contributed by atoms with van der Waals surface area (Å²) in [4.78, 5) is 23.5. The van der Waals surface area contributed by atoms with Crippen molar-refractivity contribution in [1.82, 2.24) is 4.90 Å². The van der Waals surface area contributed by atoms with E-state index in [0.29, 0.717) is 6.54 Å². The van der Waals surface area contributed by atoms with Crippen molar-refractivity contribution in [3.05, 3.63) is 39.7 Å². The zero-order valence-corrected chi connectivity index (χ0v) is 11.4. The number of non-ortho nitro benzene ring substituents is 1. The number of nitrogens with zero attached hydrogens (tertiary/aromatic N) is 2. The molecule has 1 amide bonds. The molecule has 0 aromatic heterocycles. The van der Waals surface area contributed by atoms with E-state index in [1.807, 2.05) is 0 Å². The summed E-state index contributed by atoms with van der Waals surface area (Å²) in [6.07, 6.45) is 0. The van der Waals surface area contributed by atoms with Crippen LogP contribution in [0, 0.1) is 15.9 Å².